The van der Waals surface area contributed by atoms with Crippen molar-refractivity contribution in [3.63, 3.8) is 0 Å². The minimum atomic E-state index is 0.616. The van der Waals surface area contributed by atoms with Crippen molar-refractivity contribution in [3.8, 4) is 0 Å². The van der Waals surface area contributed by atoms with Gasteiger partial charge in [0.05, 0.1) is 6.20 Å². The summed E-state index contributed by atoms with van der Waals surface area (Å²) in [6, 6.07) is 4.10. The highest BCUT2D eigenvalue weighted by Crippen LogP contribution is 2.23. The molecule has 3 heterocycles. The molecule has 2 aromatic heterocycles. The van der Waals surface area contributed by atoms with E-state index in [4.69, 9.17) is 11.6 Å². The monoisotopic (exact) mass is 289 g/mol. The maximum Gasteiger partial charge on any atom is 0.150 e. The molecule has 6 heteroatoms. The average molecular weight is 290 g/mol. The first-order chi connectivity index (χ1) is 9.84. The maximum atomic E-state index is 6.18. The van der Waals surface area contributed by atoms with Gasteiger partial charge < -0.3 is 9.80 Å². The third-order valence-electron chi connectivity index (χ3n) is 3.47. The van der Waals surface area contributed by atoms with E-state index in [0.29, 0.717) is 5.02 Å². The highest BCUT2D eigenvalue weighted by molar-refractivity contribution is 6.32. The van der Waals surface area contributed by atoms with E-state index in [0.717, 1.165) is 38.4 Å². The quantitative estimate of drug-likeness (QED) is 0.848. The number of pyridine rings is 1. The van der Waals surface area contributed by atoms with Gasteiger partial charge in [-0.1, -0.05) is 11.6 Å². The van der Waals surface area contributed by atoms with Crippen LogP contribution in [0.25, 0.3) is 0 Å². The minimum Gasteiger partial charge on any atom is -0.370 e. The largest absolute Gasteiger partial charge is 0.370 e. The molecule has 3 rings (SSSR count). The SMILES string of the molecule is Clc1cncnc1N1CCCN(c2ccncc2)CC1. The Morgan fingerprint density at radius 1 is 0.950 bits per heavy atom. The van der Waals surface area contributed by atoms with Crippen LogP contribution in [0.2, 0.25) is 5.02 Å². The van der Waals surface area contributed by atoms with E-state index in [-0.39, 0.29) is 0 Å². The first-order valence-corrected chi connectivity index (χ1v) is 7.08. The molecule has 1 fully saturated rings. The topological polar surface area (TPSA) is 45.2 Å². The molecule has 0 aromatic carbocycles. The summed E-state index contributed by atoms with van der Waals surface area (Å²) in [5.41, 5.74) is 1.22. The van der Waals surface area contributed by atoms with Crippen molar-refractivity contribution >= 4 is 23.1 Å². The van der Waals surface area contributed by atoms with Gasteiger partial charge in [0, 0.05) is 44.3 Å². The van der Waals surface area contributed by atoms with Crippen LogP contribution < -0.4 is 9.80 Å². The molecule has 20 heavy (non-hydrogen) atoms. The summed E-state index contributed by atoms with van der Waals surface area (Å²) >= 11 is 6.18. The molecule has 0 unspecified atom stereocenters. The van der Waals surface area contributed by atoms with Crippen molar-refractivity contribution < 1.29 is 0 Å². The summed E-state index contributed by atoms with van der Waals surface area (Å²) in [4.78, 5) is 16.9. The van der Waals surface area contributed by atoms with Gasteiger partial charge in [0.2, 0.25) is 0 Å². The predicted molar refractivity (Wildman–Crippen MR) is 80.3 cm³/mol. The van der Waals surface area contributed by atoms with Crippen LogP contribution in [0.4, 0.5) is 11.5 Å². The second kappa shape index (κ2) is 6.05. The molecule has 5 nitrogen and oxygen atoms in total. The summed E-state index contributed by atoms with van der Waals surface area (Å²) < 4.78 is 0. The summed E-state index contributed by atoms with van der Waals surface area (Å²) in [7, 11) is 0. The van der Waals surface area contributed by atoms with Gasteiger partial charge in [-0.15, -0.1) is 0 Å². The van der Waals surface area contributed by atoms with Gasteiger partial charge in [-0.25, -0.2) is 9.97 Å². The minimum absolute atomic E-state index is 0.616. The number of hydrogen-bond acceptors (Lipinski definition) is 5. The second-order valence-corrected chi connectivity index (χ2v) is 5.13. The highest BCUT2D eigenvalue weighted by atomic mass is 35.5. The predicted octanol–water partition coefficient (Wildman–Crippen LogP) is 2.24. The molecule has 0 aliphatic carbocycles. The van der Waals surface area contributed by atoms with Gasteiger partial charge >= 0.3 is 0 Å². The van der Waals surface area contributed by atoms with Crippen LogP contribution in [-0.4, -0.2) is 41.1 Å². The Morgan fingerprint density at radius 2 is 1.70 bits per heavy atom. The number of hydrogen-bond donors (Lipinski definition) is 0. The van der Waals surface area contributed by atoms with Gasteiger partial charge in [-0.3, -0.25) is 4.98 Å². The highest BCUT2D eigenvalue weighted by Gasteiger charge is 2.18. The molecule has 0 saturated carbocycles. The molecule has 0 bridgehead atoms. The van der Waals surface area contributed by atoms with Gasteiger partial charge in [0.25, 0.3) is 0 Å². The van der Waals surface area contributed by atoms with Crippen LogP contribution in [0.5, 0.6) is 0 Å². The number of rotatable bonds is 2. The zero-order chi connectivity index (χ0) is 13.8. The molecule has 1 saturated heterocycles. The third-order valence-corrected chi connectivity index (χ3v) is 3.74. The van der Waals surface area contributed by atoms with E-state index in [1.807, 2.05) is 24.5 Å². The van der Waals surface area contributed by atoms with Gasteiger partial charge in [-0.2, -0.15) is 0 Å². The summed E-state index contributed by atoms with van der Waals surface area (Å²) in [5, 5.41) is 0.616. The van der Waals surface area contributed by atoms with Gasteiger partial charge in [-0.05, 0) is 18.6 Å². The Balaban J connectivity index is 1.73. The van der Waals surface area contributed by atoms with Crippen LogP contribution in [0, 0.1) is 0 Å². The van der Waals surface area contributed by atoms with E-state index in [9.17, 15) is 0 Å². The Morgan fingerprint density at radius 3 is 2.50 bits per heavy atom. The lowest BCUT2D eigenvalue weighted by atomic mass is 10.3. The Bertz CT molecular complexity index is 563. The van der Waals surface area contributed by atoms with Crippen LogP contribution in [0.3, 0.4) is 0 Å². The summed E-state index contributed by atoms with van der Waals surface area (Å²) in [6.07, 6.45) is 7.93. The zero-order valence-corrected chi connectivity index (χ0v) is 11.9. The molecule has 104 valence electrons. The summed E-state index contributed by atoms with van der Waals surface area (Å²) in [6.45, 7) is 3.84. The lowest BCUT2D eigenvalue weighted by Gasteiger charge is -2.24. The molecule has 2 aromatic rings. The molecule has 0 radical (unpaired) electrons. The second-order valence-electron chi connectivity index (χ2n) is 4.73. The van der Waals surface area contributed by atoms with Crippen molar-refractivity contribution in [1.29, 1.82) is 0 Å². The molecule has 0 amide bonds. The maximum absolute atomic E-state index is 6.18. The Kier molecular flexibility index (Phi) is 3.97. The Labute approximate surface area is 123 Å². The number of halogens is 1. The average Bonchev–Trinajstić information content (AvgIpc) is 2.75. The smallest absolute Gasteiger partial charge is 0.150 e. The van der Waals surface area contributed by atoms with Crippen molar-refractivity contribution in [2.75, 3.05) is 36.0 Å². The molecular formula is C14H16ClN5. The van der Waals surface area contributed by atoms with Crippen LogP contribution >= 0.6 is 11.6 Å². The fourth-order valence-corrected chi connectivity index (χ4v) is 2.71. The van der Waals surface area contributed by atoms with Crippen LogP contribution in [-0.2, 0) is 0 Å². The molecule has 0 atom stereocenters. The van der Waals surface area contributed by atoms with E-state index in [1.165, 1.54) is 5.69 Å². The fraction of sp³-hybridized carbons (Fsp3) is 0.357. The van der Waals surface area contributed by atoms with E-state index < -0.39 is 0 Å². The first kappa shape index (κ1) is 13.1. The number of nitrogens with zero attached hydrogens (tertiary/aromatic N) is 5. The zero-order valence-electron chi connectivity index (χ0n) is 11.1. The standard InChI is InChI=1S/C14H16ClN5/c15-13-10-17-11-18-14(13)20-7-1-6-19(8-9-20)12-2-4-16-5-3-12/h2-5,10-11H,1,6-9H2. The molecular weight excluding hydrogens is 274 g/mol. The van der Waals surface area contributed by atoms with E-state index >= 15 is 0 Å². The molecule has 0 N–H and O–H groups in total. The first-order valence-electron chi connectivity index (χ1n) is 6.70. The van der Waals surface area contributed by atoms with E-state index in [1.54, 1.807) is 12.5 Å². The lowest BCUT2D eigenvalue weighted by Crippen LogP contribution is -2.31. The normalized spacial score (nSPS) is 16.1. The van der Waals surface area contributed by atoms with E-state index in [2.05, 4.69) is 24.8 Å². The van der Waals surface area contributed by atoms with Crippen molar-refractivity contribution in [2.24, 2.45) is 0 Å². The number of anilines is 2. The van der Waals surface area contributed by atoms with Gasteiger partial charge in [0.1, 0.15) is 11.3 Å². The Hall–Kier alpha value is -1.88. The van der Waals surface area contributed by atoms with Crippen molar-refractivity contribution in [2.45, 2.75) is 6.42 Å². The third kappa shape index (κ3) is 2.82. The van der Waals surface area contributed by atoms with Gasteiger partial charge in [0.15, 0.2) is 5.82 Å². The fourth-order valence-electron chi connectivity index (χ4n) is 2.48. The molecule has 1 aliphatic rings. The van der Waals surface area contributed by atoms with Crippen LogP contribution in [0.1, 0.15) is 6.42 Å². The van der Waals surface area contributed by atoms with Crippen LogP contribution in [0.15, 0.2) is 37.1 Å². The van der Waals surface area contributed by atoms with Crippen molar-refractivity contribution in [1.82, 2.24) is 15.0 Å². The lowest BCUT2D eigenvalue weighted by molar-refractivity contribution is 0.795. The molecule has 0 spiro atoms. The molecule has 1 aliphatic heterocycles. The summed E-state index contributed by atoms with van der Waals surface area (Å²) in [5.74, 6) is 0.832. The van der Waals surface area contributed by atoms with Crippen molar-refractivity contribution in [3.05, 3.63) is 42.1 Å². The number of aromatic nitrogens is 3.